The van der Waals surface area contributed by atoms with E-state index in [1.165, 1.54) is 12.1 Å². The van der Waals surface area contributed by atoms with Gasteiger partial charge in [-0.1, -0.05) is 13.3 Å². The van der Waals surface area contributed by atoms with Gasteiger partial charge in [-0.3, -0.25) is 16.0 Å². The van der Waals surface area contributed by atoms with Crippen molar-refractivity contribution in [1.82, 2.24) is 4.72 Å². The Balaban J connectivity index is 3.21. The maximum atomic E-state index is 12.2. The number of hydrazine groups is 1. The molecule has 9 heteroatoms. The summed E-state index contributed by atoms with van der Waals surface area (Å²) in [5.74, 6) is 5.25. The Morgan fingerprint density at radius 1 is 1.45 bits per heavy atom. The van der Waals surface area contributed by atoms with Gasteiger partial charge in [0, 0.05) is 18.2 Å². The van der Waals surface area contributed by atoms with Crippen LogP contribution in [-0.4, -0.2) is 19.4 Å². The molecule has 0 aliphatic heterocycles. The first-order valence-electron chi connectivity index (χ1n) is 6.09. The highest BCUT2D eigenvalue weighted by molar-refractivity contribution is 7.89. The van der Waals surface area contributed by atoms with Gasteiger partial charge < -0.3 is 5.43 Å². The van der Waals surface area contributed by atoms with Gasteiger partial charge in [0.2, 0.25) is 10.0 Å². The molecule has 1 atom stereocenters. The standard InChI is InChI=1S/C11H18N4O4S/c1-3-4-8(2)14-20(18,19)11-7-9(15(16)17)5-6-10(11)13-12/h5-8,13-14H,3-4,12H2,1-2H3. The number of hydrogen-bond acceptors (Lipinski definition) is 6. The van der Waals surface area contributed by atoms with Crippen LogP contribution in [0, 0.1) is 10.1 Å². The topological polar surface area (TPSA) is 127 Å². The molecular formula is C11H18N4O4S. The number of nitro benzene ring substituents is 1. The van der Waals surface area contributed by atoms with E-state index in [-0.39, 0.29) is 22.3 Å². The first-order chi connectivity index (χ1) is 9.31. The summed E-state index contributed by atoms with van der Waals surface area (Å²) in [6.45, 7) is 3.67. The van der Waals surface area contributed by atoms with Crippen LogP contribution < -0.4 is 16.0 Å². The third kappa shape index (κ3) is 3.89. The molecule has 8 nitrogen and oxygen atoms in total. The number of non-ortho nitro benzene ring substituents is 1. The molecule has 1 aromatic rings. The molecule has 0 spiro atoms. The maximum Gasteiger partial charge on any atom is 0.270 e. The number of sulfonamides is 1. The highest BCUT2D eigenvalue weighted by Crippen LogP contribution is 2.26. The van der Waals surface area contributed by atoms with E-state index in [1.54, 1.807) is 6.92 Å². The lowest BCUT2D eigenvalue weighted by Gasteiger charge is -2.15. The lowest BCUT2D eigenvalue weighted by Crippen LogP contribution is -2.33. The summed E-state index contributed by atoms with van der Waals surface area (Å²) in [7, 11) is -3.88. The summed E-state index contributed by atoms with van der Waals surface area (Å²) in [6, 6.07) is 3.16. The van der Waals surface area contributed by atoms with Crippen molar-refractivity contribution in [1.29, 1.82) is 0 Å². The van der Waals surface area contributed by atoms with Crippen LogP contribution in [0.15, 0.2) is 23.1 Å². The Morgan fingerprint density at radius 2 is 2.10 bits per heavy atom. The minimum Gasteiger partial charge on any atom is -0.323 e. The molecule has 1 aromatic carbocycles. The van der Waals surface area contributed by atoms with Crippen LogP contribution >= 0.6 is 0 Å². The van der Waals surface area contributed by atoms with Crippen LogP contribution in [-0.2, 0) is 10.0 Å². The summed E-state index contributed by atoms with van der Waals surface area (Å²) in [6.07, 6.45) is 1.49. The summed E-state index contributed by atoms with van der Waals surface area (Å²) in [5.41, 5.74) is 2.02. The minimum atomic E-state index is -3.88. The number of hydrogen-bond donors (Lipinski definition) is 3. The zero-order valence-electron chi connectivity index (χ0n) is 11.3. The number of nitrogens with two attached hydrogens (primary N) is 1. The number of anilines is 1. The molecular weight excluding hydrogens is 284 g/mol. The Morgan fingerprint density at radius 3 is 2.60 bits per heavy atom. The first-order valence-corrected chi connectivity index (χ1v) is 7.57. The van der Waals surface area contributed by atoms with E-state index in [9.17, 15) is 18.5 Å². The SMILES string of the molecule is CCCC(C)NS(=O)(=O)c1cc([N+](=O)[O-])ccc1NN. The second-order valence-corrected chi connectivity index (χ2v) is 6.08. The number of rotatable bonds is 7. The minimum absolute atomic E-state index is 0.104. The molecule has 0 radical (unpaired) electrons. The van der Waals surface area contributed by atoms with Crippen LogP contribution in [0.2, 0.25) is 0 Å². The van der Waals surface area contributed by atoms with E-state index in [1.807, 2.05) is 6.92 Å². The summed E-state index contributed by atoms with van der Waals surface area (Å²) in [4.78, 5) is 9.85. The molecule has 112 valence electrons. The Hall–Kier alpha value is -1.71. The van der Waals surface area contributed by atoms with E-state index < -0.39 is 14.9 Å². The van der Waals surface area contributed by atoms with Gasteiger partial charge in [0.25, 0.3) is 5.69 Å². The molecule has 0 saturated heterocycles. The first kappa shape index (κ1) is 16.3. The fraction of sp³-hybridized carbons (Fsp3) is 0.455. The second-order valence-electron chi connectivity index (χ2n) is 4.39. The van der Waals surface area contributed by atoms with Gasteiger partial charge in [0.05, 0.1) is 10.6 Å². The van der Waals surface area contributed by atoms with Crippen LogP contribution in [0.25, 0.3) is 0 Å². The number of nitro groups is 1. The highest BCUT2D eigenvalue weighted by atomic mass is 32.2. The number of nitrogens with one attached hydrogen (secondary N) is 2. The quantitative estimate of drug-likeness (QED) is 0.396. The number of benzene rings is 1. The fourth-order valence-electron chi connectivity index (χ4n) is 1.79. The molecule has 4 N–H and O–H groups in total. The average molecular weight is 302 g/mol. The molecule has 0 aromatic heterocycles. The van der Waals surface area contributed by atoms with Gasteiger partial charge in [-0.25, -0.2) is 13.1 Å². The third-order valence-electron chi connectivity index (χ3n) is 2.70. The predicted octanol–water partition coefficient (Wildman–Crippen LogP) is 1.35. The Kier molecular flexibility index (Phi) is 5.43. The van der Waals surface area contributed by atoms with Gasteiger partial charge in [-0.05, 0) is 19.4 Å². The van der Waals surface area contributed by atoms with Crippen LogP contribution in [0.5, 0.6) is 0 Å². The zero-order valence-corrected chi connectivity index (χ0v) is 12.1. The van der Waals surface area contributed by atoms with Crippen molar-refractivity contribution in [2.75, 3.05) is 5.43 Å². The largest absolute Gasteiger partial charge is 0.323 e. The molecule has 0 bridgehead atoms. The molecule has 0 amide bonds. The lowest BCUT2D eigenvalue weighted by molar-refractivity contribution is -0.385. The zero-order chi connectivity index (χ0) is 15.3. The molecule has 0 saturated carbocycles. The summed E-state index contributed by atoms with van der Waals surface area (Å²) < 4.78 is 27.0. The van der Waals surface area contributed by atoms with E-state index in [4.69, 9.17) is 5.84 Å². The predicted molar refractivity (Wildman–Crippen MR) is 75.6 cm³/mol. The summed E-state index contributed by atoms with van der Waals surface area (Å²) in [5, 5.41) is 10.7. The fourth-order valence-corrected chi connectivity index (χ4v) is 3.25. The number of nitrogen functional groups attached to an aromatic ring is 1. The number of nitrogens with zero attached hydrogens (tertiary/aromatic N) is 1. The van der Waals surface area contributed by atoms with Crippen molar-refractivity contribution in [3.05, 3.63) is 28.3 Å². The highest BCUT2D eigenvalue weighted by Gasteiger charge is 2.23. The lowest BCUT2D eigenvalue weighted by atomic mass is 10.2. The van der Waals surface area contributed by atoms with Crippen LogP contribution in [0.3, 0.4) is 0 Å². The molecule has 1 unspecified atom stereocenters. The van der Waals surface area contributed by atoms with E-state index in [2.05, 4.69) is 10.1 Å². The Bertz CT molecular complexity index is 588. The van der Waals surface area contributed by atoms with Crippen LogP contribution in [0.1, 0.15) is 26.7 Å². The van der Waals surface area contributed by atoms with Gasteiger partial charge in [-0.2, -0.15) is 0 Å². The molecule has 0 aliphatic rings. The molecule has 0 aliphatic carbocycles. The van der Waals surface area contributed by atoms with Crippen molar-refractivity contribution >= 4 is 21.4 Å². The summed E-state index contributed by atoms with van der Waals surface area (Å²) >= 11 is 0. The van der Waals surface area contributed by atoms with Crippen LogP contribution in [0.4, 0.5) is 11.4 Å². The van der Waals surface area contributed by atoms with Crippen molar-refractivity contribution in [2.45, 2.75) is 37.6 Å². The third-order valence-corrected chi connectivity index (χ3v) is 4.33. The van der Waals surface area contributed by atoms with Gasteiger partial charge in [0.1, 0.15) is 4.90 Å². The van der Waals surface area contributed by atoms with E-state index >= 15 is 0 Å². The Labute approximate surface area is 117 Å². The molecule has 0 fully saturated rings. The molecule has 0 heterocycles. The van der Waals surface area contributed by atoms with Gasteiger partial charge in [-0.15, -0.1) is 0 Å². The molecule has 1 rings (SSSR count). The van der Waals surface area contributed by atoms with Crippen molar-refractivity contribution in [3.8, 4) is 0 Å². The van der Waals surface area contributed by atoms with Crippen molar-refractivity contribution < 1.29 is 13.3 Å². The average Bonchev–Trinajstić information content (AvgIpc) is 2.37. The second kappa shape index (κ2) is 6.64. The van der Waals surface area contributed by atoms with Gasteiger partial charge in [0.15, 0.2) is 0 Å². The van der Waals surface area contributed by atoms with Crippen molar-refractivity contribution in [3.63, 3.8) is 0 Å². The van der Waals surface area contributed by atoms with Gasteiger partial charge >= 0.3 is 0 Å². The molecule has 20 heavy (non-hydrogen) atoms. The van der Waals surface area contributed by atoms with E-state index in [0.717, 1.165) is 12.5 Å². The normalized spacial score (nSPS) is 12.9. The monoisotopic (exact) mass is 302 g/mol. The maximum absolute atomic E-state index is 12.2. The van der Waals surface area contributed by atoms with E-state index in [0.29, 0.717) is 6.42 Å². The smallest absolute Gasteiger partial charge is 0.270 e. The van der Waals surface area contributed by atoms with Crippen molar-refractivity contribution in [2.24, 2.45) is 5.84 Å².